The fourth-order valence-corrected chi connectivity index (χ4v) is 2.05. The molecule has 2 N–H and O–H groups in total. The molecule has 0 spiro atoms. The van der Waals surface area contributed by atoms with Gasteiger partial charge in [-0.3, -0.25) is 0 Å². The number of benzene rings is 1. The summed E-state index contributed by atoms with van der Waals surface area (Å²) in [6.45, 7) is 6.14. The van der Waals surface area contributed by atoms with Gasteiger partial charge in [0, 0.05) is 23.0 Å². The summed E-state index contributed by atoms with van der Waals surface area (Å²) in [6, 6.07) is 6.26. The molecule has 0 saturated carbocycles. The summed E-state index contributed by atoms with van der Waals surface area (Å²) in [7, 11) is 1.80. The summed E-state index contributed by atoms with van der Waals surface area (Å²) in [6.07, 6.45) is 0. The van der Waals surface area contributed by atoms with E-state index in [2.05, 4.69) is 36.5 Å². The topological polar surface area (TPSA) is 49.8 Å². The number of hydrogen-bond acceptors (Lipinski definition) is 4. The van der Waals surface area contributed by atoms with Crippen molar-refractivity contribution in [3.05, 3.63) is 40.4 Å². The van der Waals surface area contributed by atoms with Gasteiger partial charge in [0.2, 0.25) is 0 Å². The number of hydrogen-bond donors (Lipinski definition) is 2. The lowest BCUT2D eigenvalue weighted by Crippen LogP contribution is -2.17. The van der Waals surface area contributed by atoms with Crippen LogP contribution in [0.4, 0.5) is 21.7 Å². The maximum absolute atomic E-state index is 13.4. The Bertz CT molecular complexity index is 653. The van der Waals surface area contributed by atoms with Gasteiger partial charge < -0.3 is 10.6 Å². The molecule has 0 unspecified atom stereocenters. The molecule has 0 aliphatic heterocycles. The van der Waals surface area contributed by atoms with Crippen molar-refractivity contribution in [3.63, 3.8) is 0 Å². The fourth-order valence-electron chi connectivity index (χ4n) is 1.71. The minimum absolute atomic E-state index is 0.178. The molecule has 6 heteroatoms. The summed E-state index contributed by atoms with van der Waals surface area (Å²) in [4.78, 5) is 8.97. The largest absolute Gasteiger partial charge is 0.373 e. The first kappa shape index (κ1) is 15.7. The highest BCUT2D eigenvalue weighted by Gasteiger charge is 2.19. The van der Waals surface area contributed by atoms with E-state index in [4.69, 9.17) is 0 Å². The predicted octanol–water partition coefficient (Wildman–Crippen LogP) is 4.46. The van der Waals surface area contributed by atoms with Gasteiger partial charge in [-0.15, -0.1) is 0 Å². The fraction of sp³-hybridized carbons (Fsp3) is 0.333. The van der Waals surface area contributed by atoms with E-state index in [1.165, 1.54) is 12.1 Å². The third kappa shape index (κ3) is 3.91. The smallest absolute Gasteiger partial charge is 0.138 e. The van der Waals surface area contributed by atoms with Gasteiger partial charge in [-0.2, -0.15) is 0 Å². The second kappa shape index (κ2) is 5.97. The molecule has 0 aliphatic carbocycles. The van der Waals surface area contributed by atoms with E-state index in [-0.39, 0.29) is 11.2 Å². The van der Waals surface area contributed by atoms with Crippen molar-refractivity contribution in [2.24, 2.45) is 0 Å². The zero-order valence-corrected chi connectivity index (χ0v) is 14.0. The maximum Gasteiger partial charge on any atom is 0.138 e. The van der Waals surface area contributed by atoms with Crippen LogP contribution in [0.1, 0.15) is 26.6 Å². The summed E-state index contributed by atoms with van der Waals surface area (Å²) >= 11 is 3.39. The number of nitrogens with zero attached hydrogens (tertiary/aromatic N) is 2. The molecule has 0 amide bonds. The van der Waals surface area contributed by atoms with Crippen molar-refractivity contribution >= 4 is 33.3 Å². The van der Waals surface area contributed by atoms with E-state index < -0.39 is 0 Å². The minimum Gasteiger partial charge on any atom is -0.373 e. The Balaban J connectivity index is 2.42. The molecule has 0 fully saturated rings. The normalized spacial score (nSPS) is 11.3. The van der Waals surface area contributed by atoms with Crippen LogP contribution in [0, 0.1) is 5.82 Å². The number of rotatable bonds is 3. The third-order valence-corrected chi connectivity index (χ3v) is 3.54. The molecule has 21 heavy (non-hydrogen) atoms. The van der Waals surface area contributed by atoms with Crippen molar-refractivity contribution in [1.82, 2.24) is 9.97 Å². The molecule has 0 atom stereocenters. The van der Waals surface area contributed by atoms with Crippen molar-refractivity contribution in [1.29, 1.82) is 0 Å². The highest BCUT2D eigenvalue weighted by atomic mass is 79.9. The van der Waals surface area contributed by atoms with Crippen LogP contribution >= 0.6 is 15.9 Å². The van der Waals surface area contributed by atoms with E-state index in [0.29, 0.717) is 23.1 Å². The summed E-state index contributed by atoms with van der Waals surface area (Å²) in [5, 5.41) is 6.14. The molecule has 2 aromatic rings. The molecule has 2 rings (SSSR count). The van der Waals surface area contributed by atoms with Crippen LogP contribution in [0.25, 0.3) is 0 Å². The second-order valence-electron chi connectivity index (χ2n) is 5.71. The lowest BCUT2D eigenvalue weighted by Gasteiger charge is -2.19. The number of nitrogens with one attached hydrogen (secondary N) is 2. The second-order valence-corrected chi connectivity index (χ2v) is 6.57. The van der Waals surface area contributed by atoms with E-state index >= 15 is 0 Å². The van der Waals surface area contributed by atoms with Gasteiger partial charge in [-0.25, -0.2) is 14.4 Å². The van der Waals surface area contributed by atoms with Crippen LogP contribution < -0.4 is 10.6 Å². The summed E-state index contributed by atoms with van der Waals surface area (Å²) < 4.78 is 14.1. The number of halogens is 2. The van der Waals surface area contributed by atoms with Crippen LogP contribution in [0.5, 0.6) is 0 Å². The van der Waals surface area contributed by atoms with Crippen LogP contribution in [0.15, 0.2) is 28.7 Å². The Kier molecular flexibility index (Phi) is 4.46. The molecule has 1 aromatic heterocycles. The summed E-state index contributed by atoms with van der Waals surface area (Å²) in [5.74, 6) is 1.74. The molecule has 0 aliphatic rings. The van der Waals surface area contributed by atoms with Gasteiger partial charge in [-0.05, 0) is 34.1 Å². The van der Waals surface area contributed by atoms with E-state index in [1.54, 1.807) is 19.2 Å². The zero-order chi connectivity index (χ0) is 15.6. The molecule has 4 nitrogen and oxygen atoms in total. The summed E-state index contributed by atoms with van der Waals surface area (Å²) in [5.41, 5.74) is 0.443. The minimum atomic E-state index is -0.306. The molecular formula is C15H18BrFN4. The highest BCUT2D eigenvalue weighted by molar-refractivity contribution is 9.10. The van der Waals surface area contributed by atoms with Crippen molar-refractivity contribution in [2.75, 3.05) is 17.7 Å². The average Bonchev–Trinajstić information content (AvgIpc) is 2.41. The van der Waals surface area contributed by atoms with Gasteiger partial charge in [0.25, 0.3) is 0 Å². The van der Waals surface area contributed by atoms with Crippen LogP contribution in [0.2, 0.25) is 0 Å². The molecule has 0 bridgehead atoms. The Morgan fingerprint density at radius 2 is 1.76 bits per heavy atom. The maximum atomic E-state index is 13.4. The van der Waals surface area contributed by atoms with E-state index in [0.717, 1.165) is 4.47 Å². The Morgan fingerprint density at radius 1 is 1.10 bits per heavy atom. The lowest BCUT2D eigenvalue weighted by atomic mass is 9.96. The van der Waals surface area contributed by atoms with Gasteiger partial charge in [-0.1, -0.05) is 20.8 Å². The first-order chi connectivity index (χ1) is 9.79. The Morgan fingerprint density at radius 3 is 2.38 bits per heavy atom. The SMILES string of the molecule is CNc1cc(Nc2cc(F)ccc2Br)nc(C(C)(C)C)n1. The molecule has 112 valence electrons. The number of aromatic nitrogens is 2. The monoisotopic (exact) mass is 352 g/mol. The van der Waals surface area contributed by atoms with E-state index in [1.807, 2.05) is 20.8 Å². The van der Waals surface area contributed by atoms with Crippen LogP contribution in [-0.4, -0.2) is 17.0 Å². The van der Waals surface area contributed by atoms with Crippen molar-refractivity contribution in [3.8, 4) is 0 Å². The third-order valence-electron chi connectivity index (χ3n) is 2.84. The average molecular weight is 353 g/mol. The Labute approximate surface area is 132 Å². The molecular weight excluding hydrogens is 335 g/mol. The van der Waals surface area contributed by atoms with Gasteiger partial charge in [0.15, 0.2) is 0 Å². The molecule has 1 aromatic carbocycles. The van der Waals surface area contributed by atoms with Gasteiger partial charge in [0.05, 0.1) is 5.69 Å². The van der Waals surface area contributed by atoms with Crippen molar-refractivity contribution < 1.29 is 4.39 Å². The zero-order valence-electron chi connectivity index (χ0n) is 12.5. The highest BCUT2D eigenvalue weighted by Crippen LogP contribution is 2.28. The quantitative estimate of drug-likeness (QED) is 0.855. The van der Waals surface area contributed by atoms with Gasteiger partial charge >= 0.3 is 0 Å². The first-order valence-electron chi connectivity index (χ1n) is 6.59. The lowest BCUT2D eigenvalue weighted by molar-refractivity contribution is 0.547. The molecule has 1 heterocycles. The van der Waals surface area contributed by atoms with Gasteiger partial charge in [0.1, 0.15) is 23.3 Å². The molecule has 0 saturated heterocycles. The van der Waals surface area contributed by atoms with E-state index in [9.17, 15) is 4.39 Å². The predicted molar refractivity (Wildman–Crippen MR) is 87.7 cm³/mol. The Hall–Kier alpha value is -1.69. The first-order valence-corrected chi connectivity index (χ1v) is 7.38. The van der Waals surface area contributed by atoms with Crippen LogP contribution in [0.3, 0.4) is 0 Å². The number of anilines is 3. The van der Waals surface area contributed by atoms with Crippen LogP contribution in [-0.2, 0) is 5.41 Å². The standard InChI is InChI=1S/C15H18BrFN4/c1-15(2,3)14-20-12(18-4)8-13(21-14)19-11-7-9(17)5-6-10(11)16/h5-8H,1-4H3,(H2,18,19,20,21). The van der Waals surface area contributed by atoms with Crippen molar-refractivity contribution in [2.45, 2.75) is 26.2 Å². The molecule has 0 radical (unpaired) electrons.